The van der Waals surface area contributed by atoms with Gasteiger partial charge >= 0.3 is 0 Å². The van der Waals surface area contributed by atoms with Crippen LogP contribution in [0, 0.1) is 0 Å². The Morgan fingerprint density at radius 1 is 0.821 bits per heavy atom. The van der Waals surface area contributed by atoms with Crippen LogP contribution in [0.15, 0.2) is 91.1 Å². The average molecular weight is 367 g/mol. The number of rotatable bonds is 6. The van der Waals surface area contributed by atoms with E-state index in [-0.39, 0.29) is 0 Å². The maximum atomic E-state index is 4.79. The highest BCUT2D eigenvalue weighted by molar-refractivity contribution is 5.66. The summed E-state index contributed by atoms with van der Waals surface area (Å²) < 4.78 is 0. The molecule has 0 aliphatic heterocycles. The monoisotopic (exact) mass is 367 g/mol. The number of pyridine rings is 1. The Morgan fingerprint density at radius 2 is 1.54 bits per heavy atom. The van der Waals surface area contributed by atoms with Crippen LogP contribution in [0.5, 0.6) is 0 Å². The molecule has 1 N–H and O–H groups in total. The Hall–Kier alpha value is -3.73. The first-order chi connectivity index (χ1) is 13.8. The fourth-order valence-corrected chi connectivity index (χ4v) is 2.88. The van der Waals surface area contributed by atoms with Crippen LogP contribution in [0.4, 0.5) is 17.3 Å². The second kappa shape index (κ2) is 8.31. The van der Waals surface area contributed by atoms with Gasteiger partial charge in [0.25, 0.3) is 0 Å². The van der Waals surface area contributed by atoms with Crippen LogP contribution in [-0.4, -0.2) is 22.0 Å². The molecule has 2 heterocycles. The molecule has 0 fully saturated rings. The largest absolute Gasteiger partial charge is 0.364 e. The smallest absolute Gasteiger partial charge is 0.163 e. The van der Waals surface area contributed by atoms with Crippen molar-refractivity contribution >= 4 is 17.3 Å². The summed E-state index contributed by atoms with van der Waals surface area (Å²) in [5, 5.41) is 3.38. The lowest BCUT2D eigenvalue weighted by Gasteiger charge is -2.20. The summed E-state index contributed by atoms with van der Waals surface area (Å²) in [6, 6.07) is 28.0. The van der Waals surface area contributed by atoms with Crippen molar-refractivity contribution in [3.05, 3.63) is 96.8 Å². The third-order valence-electron chi connectivity index (χ3n) is 4.41. The fourth-order valence-electron chi connectivity index (χ4n) is 2.88. The molecule has 0 saturated carbocycles. The van der Waals surface area contributed by atoms with E-state index in [0.29, 0.717) is 12.4 Å². The summed E-state index contributed by atoms with van der Waals surface area (Å²) in [6.07, 6.45) is 1.79. The molecule has 0 radical (unpaired) electrons. The number of hydrogen-bond acceptors (Lipinski definition) is 5. The van der Waals surface area contributed by atoms with Gasteiger partial charge in [0, 0.05) is 30.6 Å². The van der Waals surface area contributed by atoms with Crippen molar-refractivity contribution in [3.8, 4) is 11.4 Å². The van der Waals surface area contributed by atoms with Crippen LogP contribution in [0.3, 0.4) is 0 Å². The van der Waals surface area contributed by atoms with Gasteiger partial charge in [0.05, 0.1) is 12.2 Å². The van der Waals surface area contributed by atoms with Crippen molar-refractivity contribution in [2.75, 3.05) is 17.3 Å². The highest BCUT2D eigenvalue weighted by Gasteiger charge is 2.11. The van der Waals surface area contributed by atoms with E-state index >= 15 is 0 Å². The highest BCUT2D eigenvalue weighted by Crippen LogP contribution is 2.26. The van der Waals surface area contributed by atoms with E-state index < -0.39 is 0 Å². The van der Waals surface area contributed by atoms with Crippen LogP contribution >= 0.6 is 0 Å². The van der Waals surface area contributed by atoms with Gasteiger partial charge in [-0.3, -0.25) is 4.98 Å². The number of nitrogens with one attached hydrogen (secondary N) is 1. The van der Waals surface area contributed by atoms with Gasteiger partial charge in [0.2, 0.25) is 0 Å². The van der Waals surface area contributed by atoms with Crippen molar-refractivity contribution < 1.29 is 0 Å². The highest BCUT2D eigenvalue weighted by atomic mass is 15.2. The van der Waals surface area contributed by atoms with Crippen molar-refractivity contribution in [2.45, 2.75) is 6.54 Å². The van der Waals surface area contributed by atoms with E-state index in [1.165, 1.54) is 0 Å². The van der Waals surface area contributed by atoms with Gasteiger partial charge in [-0.15, -0.1) is 0 Å². The van der Waals surface area contributed by atoms with E-state index in [4.69, 9.17) is 9.97 Å². The third kappa shape index (κ3) is 4.15. The number of para-hydroxylation sites is 1. The Kier molecular flexibility index (Phi) is 5.24. The molecule has 4 aromatic rings. The quantitative estimate of drug-likeness (QED) is 0.524. The van der Waals surface area contributed by atoms with Gasteiger partial charge in [0.1, 0.15) is 11.6 Å². The summed E-state index contributed by atoms with van der Waals surface area (Å²) in [7, 11) is 2.01. The van der Waals surface area contributed by atoms with Crippen molar-refractivity contribution in [1.29, 1.82) is 0 Å². The van der Waals surface area contributed by atoms with E-state index in [9.17, 15) is 0 Å². The molecule has 2 aromatic heterocycles. The van der Waals surface area contributed by atoms with Gasteiger partial charge < -0.3 is 10.2 Å². The molecule has 0 saturated heterocycles. The van der Waals surface area contributed by atoms with Crippen LogP contribution in [0.2, 0.25) is 0 Å². The summed E-state index contributed by atoms with van der Waals surface area (Å²) in [6.45, 7) is 0.598. The Morgan fingerprint density at radius 3 is 2.25 bits per heavy atom. The Labute approximate surface area is 164 Å². The molecule has 0 bridgehead atoms. The summed E-state index contributed by atoms with van der Waals surface area (Å²) >= 11 is 0. The zero-order valence-corrected chi connectivity index (χ0v) is 15.7. The Balaban J connectivity index is 1.69. The van der Waals surface area contributed by atoms with Crippen LogP contribution in [-0.2, 0) is 6.54 Å². The molecule has 0 aliphatic rings. The van der Waals surface area contributed by atoms with Crippen LogP contribution in [0.25, 0.3) is 11.4 Å². The minimum Gasteiger partial charge on any atom is -0.364 e. The van der Waals surface area contributed by atoms with Gasteiger partial charge in [0.15, 0.2) is 5.82 Å². The van der Waals surface area contributed by atoms with E-state index in [0.717, 1.165) is 28.6 Å². The number of anilines is 3. The molecule has 0 aliphatic carbocycles. The first-order valence-corrected chi connectivity index (χ1v) is 9.17. The zero-order chi connectivity index (χ0) is 19.2. The molecule has 0 unspecified atom stereocenters. The molecular formula is C23H21N5. The molecule has 4 rings (SSSR count). The molecule has 0 spiro atoms. The predicted octanol–water partition coefficient (Wildman–Crippen LogP) is 4.92. The minimum absolute atomic E-state index is 0.598. The van der Waals surface area contributed by atoms with Gasteiger partial charge in [-0.25, -0.2) is 9.97 Å². The standard InChI is InChI=1S/C23H21N5/c1-28(20-13-6-3-7-14-20)22-16-21(25-17-19-12-8-9-15-24-19)26-23(27-22)18-10-4-2-5-11-18/h2-16H,17H2,1H3,(H,25,26,27). The maximum absolute atomic E-state index is 4.79. The lowest BCUT2D eigenvalue weighted by molar-refractivity contribution is 1.01. The minimum atomic E-state index is 0.598. The average Bonchev–Trinajstić information content (AvgIpc) is 2.79. The van der Waals surface area contributed by atoms with Crippen LogP contribution < -0.4 is 10.2 Å². The molecular weight excluding hydrogens is 346 g/mol. The van der Waals surface area contributed by atoms with E-state index in [1.54, 1.807) is 6.20 Å². The van der Waals surface area contributed by atoms with Crippen LogP contribution in [0.1, 0.15) is 5.69 Å². The molecule has 0 amide bonds. The number of hydrogen-bond donors (Lipinski definition) is 1. The maximum Gasteiger partial charge on any atom is 0.163 e. The molecule has 5 heteroatoms. The van der Waals surface area contributed by atoms with Crippen molar-refractivity contribution in [1.82, 2.24) is 15.0 Å². The normalized spacial score (nSPS) is 10.5. The fraction of sp³-hybridized carbons (Fsp3) is 0.0870. The van der Waals surface area contributed by atoms with E-state index in [2.05, 4.69) is 27.3 Å². The molecule has 138 valence electrons. The molecule has 2 aromatic carbocycles. The first kappa shape index (κ1) is 17.7. The lowest BCUT2D eigenvalue weighted by Crippen LogP contribution is -2.13. The predicted molar refractivity (Wildman–Crippen MR) is 114 cm³/mol. The zero-order valence-electron chi connectivity index (χ0n) is 15.7. The van der Waals surface area contributed by atoms with Crippen molar-refractivity contribution in [2.24, 2.45) is 0 Å². The Bertz CT molecular complexity index is 1020. The topological polar surface area (TPSA) is 53.9 Å². The summed E-state index contributed by atoms with van der Waals surface area (Å²) in [4.78, 5) is 15.9. The third-order valence-corrected chi connectivity index (χ3v) is 4.41. The molecule has 5 nitrogen and oxygen atoms in total. The number of aromatic nitrogens is 3. The van der Waals surface area contributed by atoms with Gasteiger partial charge in [-0.05, 0) is 24.3 Å². The summed E-state index contributed by atoms with van der Waals surface area (Å²) in [5.74, 6) is 2.27. The summed E-state index contributed by atoms with van der Waals surface area (Å²) in [5.41, 5.74) is 3.00. The van der Waals surface area contributed by atoms with E-state index in [1.807, 2.05) is 79.8 Å². The van der Waals surface area contributed by atoms with Gasteiger partial charge in [-0.2, -0.15) is 0 Å². The molecule has 28 heavy (non-hydrogen) atoms. The number of nitrogens with zero attached hydrogens (tertiary/aromatic N) is 4. The second-order valence-corrected chi connectivity index (χ2v) is 6.37. The first-order valence-electron chi connectivity index (χ1n) is 9.17. The number of benzene rings is 2. The lowest BCUT2D eigenvalue weighted by atomic mass is 10.2. The van der Waals surface area contributed by atoms with Crippen molar-refractivity contribution in [3.63, 3.8) is 0 Å². The van der Waals surface area contributed by atoms with Gasteiger partial charge in [-0.1, -0.05) is 54.6 Å². The second-order valence-electron chi connectivity index (χ2n) is 6.37. The molecule has 0 atom stereocenters. The SMILES string of the molecule is CN(c1ccccc1)c1cc(NCc2ccccn2)nc(-c2ccccc2)n1.